The fourth-order valence-electron chi connectivity index (χ4n) is 3.16. The van der Waals surface area contributed by atoms with Gasteiger partial charge in [0.1, 0.15) is 0 Å². The van der Waals surface area contributed by atoms with Gasteiger partial charge < -0.3 is 0 Å². The zero-order valence-electron chi connectivity index (χ0n) is 14.9. The van der Waals surface area contributed by atoms with Gasteiger partial charge in [0.05, 0.1) is 0 Å². The van der Waals surface area contributed by atoms with E-state index in [9.17, 15) is 0 Å². The van der Waals surface area contributed by atoms with Gasteiger partial charge in [0.2, 0.25) is 0 Å². The van der Waals surface area contributed by atoms with Gasteiger partial charge >= 0.3 is 131 Å². The Kier molecular flexibility index (Phi) is 4.56. The first-order chi connectivity index (χ1) is 9.73. The van der Waals surface area contributed by atoms with Crippen molar-refractivity contribution in [3.63, 3.8) is 0 Å². The molecule has 2 heterocycles. The summed E-state index contributed by atoms with van der Waals surface area (Å²) in [5, 5.41) is 0. The molecule has 2 rings (SSSR count). The van der Waals surface area contributed by atoms with Gasteiger partial charge in [-0.2, -0.15) is 0 Å². The number of hydrogen-bond acceptors (Lipinski definition) is 0. The van der Waals surface area contributed by atoms with Gasteiger partial charge in [0, 0.05) is 0 Å². The van der Waals surface area contributed by atoms with Gasteiger partial charge in [0.25, 0.3) is 0 Å². The predicted octanol–water partition coefficient (Wildman–Crippen LogP) is 4.42. The van der Waals surface area contributed by atoms with Gasteiger partial charge in [-0.05, 0) is 0 Å². The summed E-state index contributed by atoms with van der Waals surface area (Å²) >= 11 is 0. The third kappa shape index (κ3) is 2.91. The van der Waals surface area contributed by atoms with Gasteiger partial charge in [-0.1, -0.05) is 0 Å². The van der Waals surface area contributed by atoms with Crippen LogP contribution in [0.3, 0.4) is 0 Å². The Morgan fingerprint density at radius 2 is 0.810 bits per heavy atom. The van der Waals surface area contributed by atoms with E-state index in [0.717, 1.165) is 6.42 Å². The van der Waals surface area contributed by atoms with Crippen LogP contribution in [0.15, 0.2) is 0 Å². The van der Waals surface area contributed by atoms with Crippen LogP contribution >= 0.6 is 0 Å². The summed E-state index contributed by atoms with van der Waals surface area (Å²) < 4.78 is 0. The average Bonchev–Trinajstić information content (AvgIpc) is 2.45. The Labute approximate surface area is 131 Å². The molecule has 0 aliphatic rings. The monoisotopic (exact) mass is 276 g/mol. The Balaban J connectivity index is 2.54. The molecule has 21 heavy (non-hydrogen) atoms. The molecule has 0 bridgehead atoms. The van der Waals surface area contributed by atoms with Crippen molar-refractivity contribution in [2.24, 2.45) is 0 Å². The van der Waals surface area contributed by atoms with Crippen LogP contribution in [-0.4, -0.2) is 13.8 Å². The van der Waals surface area contributed by atoms with Crippen LogP contribution < -0.4 is 0 Å². The fraction of sp³-hybridized carbons (Fsp3) is 0.474. The van der Waals surface area contributed by atoms with Crippen molar-refractivity contribution in [2.75, 3.05) is 0 Å². The van der Waals surface area contributed by atoms with Crippen molar-refractivity contribution in [3.05, 3.63) is 55.2 Å². The summed E-state index contributed by atoms with van der Waals surface area (Å²) in [6.45, 7) is 22.7. The molecule has 2 aromatic rings. The molecular formula is C19H26B2. The van der Waals surface area contributed by atoms with Crippen molar-refractivity contribution < 1.29 is 0 Å². The molecule has 0 fully saturated rings. The Morgan fingerprint density at radius 1 is 0.476 bits per heavy atom. The molecule has 0 saturated heterocycles. The summed E-state index contributed by atoms with van der Waals surface area (Å²) in [6.07, 6.45) is 1.04. The summed E-state index contributed by atoms with van der Waals surface area (Å²) in [6, 6.07) is 0. The van der Waals surface area contributed by atoms with E-state index in [4.69, 9.17) is 0 Å². The summed E-state index contributed by atoms with van der Waals surface area (Å²) in [7, 11) is 0. The standard InChI is InChI=1S/C19H26B2/c1-10-12(3)16(7)20-18(14(10)5)9-19-15(6)11(2)13(4)17(8)21-19/h9H2,1-8H3. The molecule has 0 radical (unpaired) electrons. The van der Waals surface area contributed by atoms with Gasteiger partial charge in [-0.3, -0.25) is 0 Å². The zero-order valence-corrected chi connectivity index (χ0v) is 14.9. The Hall–Kier alpha value is -1.17. The fourth-order valence-corrected chi connectivity index (χ4v) is 3.16. The summed E-state index contributed by atoms with van der Waals surface area (Å²) in [4.78, 5) is 0. The minimum atomic E-state index is 1.04. The zero-order chi connectivity index (χ0) is 15.9. The van der Waals surface area contributed by atoms with E-state index in [1.807, 2.05) is 0 Å². The third-order valence-electron chi connectivity index (χ3n) is 5.56. The van der Waals surface area contributed by atoms with E-state index in [1.54, 1.807) is 0 Å². The van der Waals surface area contributed by atoms with Crippen molar-refractivity contribution in [3.8, 4) is 0 Å². The molecule has 0 amide bonds. The minimum absolute atomic E-state index is 1.04. The summed E-state index contributed by atoms with van der Waals surface area (Å²) in [5.74, 6) is 0. The van der Waals surface area contributed by atoms with E-state index >= 15 is 0 Å². The first-order valence-electron chi connectivity index (χ1n) is 7.86. The van der Waals surface area contributed by atoms with E-state index in [2.05, 4.69) is 69.2 Å². The second-order valence-electron chi connectivity index (χ2n) is 6.63. The van der Waals surface area contributed by atoms with E-state index in [1.165, 1.54) is 55.2 Å². The van der Waals surface area contributed by atoms with Gasteiger partial charge in [0.15, 0.2) is 0 Å². The van der Waals surface area contributed by atoms with Gasteiger partial charge in [-0.25, -0.2) is 0 Å². The van der Waals surface area contributed by atoms with Crippen LogP contribution in [0.2, 0.25) is 0 Å². The van der Waals surface area contributed by atoms with E-state index < -0.39 is 0 Å². The van der Waals surface area contributed by atoms with Crippen LogP contribution in [0.4, 0.5) is 0 Å². The third-order valence-corrected chi connectivity index (χ3v) is 5.56. The van der Waals surface area contributed by atoms with Gasteiger partial charge in [-0.15, -0.1) is 0 Å². The Bertz CT molecular complexity index is 651. The SMILES string of the molecule is Cc1bc(Cc2bc(C)c(C)c(C)c2C)c(C)c(C)c1C. The second kappa shape index (κ2) is 5.91. The maximum absolute atomic E-state index is 2.38. The molecule has 0 aliphatic heterocycles. The van der Waals surface area contributed by atoms with Crippen LogP contribution in [0.1, 0.15) is 55.2 Å². The predicted molar refractivity (Wildman–Crippen MR) is 96.3 cm³/mol. The molecule has 0 aliphatic carbocycles. The second-order valence-corrected chi connectivity index (χ2v) is 6.63. The van der Waals surface area contributed by atoms with Crippen molar-refractivity contribution in [1.82, 2.24) is 0 Å². The molecule has 0 N–H and O–H groups in total. The molecule has 2 heteroatoms. The average molecular weight is 276 g/mol. The summed E-state index contributed by atoms with van der Waals surface area (Å²) in [5.41, 5.74) is 14.4. The van der Waals surface area contributed by atoms with E-state index in [-0.39, 0.29) is 0 Å². The van der Waals surface area contributed by atoms with Crippen LogP contribution in [-0.2, 0) is 6.42 Å². The number of rotatable bonds is 2. The topological polar surface area (TPSA) is 0 Å². The normalized spacial score (nSPS) is 10.7. The Morgan fingerprint density at radius 3 is 1.14 bits per heavy atom. The molecule has 0 saturated carbocycles. The number of aryl methyl sites for hydroxylation is 2. The molecule has 2 aromatic heterocycles. The quantitative estimate of drug-likeness (QED) is 0.761. The van der Waals surface area contributed by atoms with Crippen molar-refractivity contribution >= 4 is 13.8 Å². The molecule has 0 unspecified atom stereocenters. The molecule has 108 valence electrons. The first-order valence-corrected chi connectivity index (χ1v) is 7.86. The first kappa shape index (κ1) is 16.2. The molecule has 0 aromatic carbocycles. The molecular weight excluding hydrogens is 250 g/mol. The van der Waals surface area contributed by atoms with Crippen LogP contribution in [0.5, 0.6) is 0 Å². The molecule has 0 nitrogen and oxygen atoms in total. The van der Waals surface area contributed by atoms with Crippen LogP contribution in [0.25, 0.3) is 0 Å². The molecule has 0 spiro atoms. The van der Waals surface area contributed by atoms with Crippen LogP contribution in [0, 0.1) is 55.4 Å². The maximum atomic E-state index is 2.38. The van der Waals surface area contributed by atoms with E-state index in [0.29, 0.717) is 0 Å². The van der Waals surface area contributed by atoms with Crippen molar-refractivity contribution in [1.29, 1.82) is 0 Å². The molecule has 0 atom stereocenters. The number of hydrogen-bond donors (Lipinski definition) is 0. The van der Waals surface area contributed by atoms with Crippen molar-refractivity contribution in [2.45, 2.75) is 61.8 Å².